The van der Waals surface area contributed by atoms with Gasteiger partial charge >= 0.3 is 0 Å². The van der Waals surface area contributed by atoms with Gasteiger partial charge in [0.2, 0.25) is 15.9 Å². The van der Waals surface area contributed by atoms with Crippen molar-refractivity contribution in [2.75, 3.05) is 11.0 Å². The number of hydrogen-bond donors (Lipinski definition) is 2. The maximum absolute atomic E-state index is 11.8. The van der Waals surface area contributed by atoms with E-state index in [1.54, 1.807) is 30.3 Å². The summed E-state index contributed by atoms with van der Waals surface area (Å²) < 4.78 is 24.5. The third-order valence-electron chi connectivity index (χ3n) is 2.99. The molecule has 0 atom stereocenters. The van der Waals surface area contributed by atoms with Crippen molar-refractivity contribution in [1.82, 2.24) is 5.32 Å². The molecule has 1 aromatic rings. The van der Waals surface area contributed by atoms with Crippen LogP contribution in [0.2, 0.25) is 0 Å². The van der Waals surface area contributed by atoms with Crippen molar-refractivity contribution in [2.45, 2.75) is 32.7 Å². The Hall–Kier alpha value is -1.82. The van der Waals surface area contributed by atoms with Gasteiger partial charge in [-0.25, -0.2) is 8.42 Å². The summed E-state index contributed by atoms with van der Waals surface area (Å²) >= 11 is 0. The lowest BCUT2D eigenvalue weighted by molar-refractivity contribution is -0.117. The van der Waals surface area contributed by atoms with Crippen LogP contribution in [0.3, 0.4) is 0 Å². The maximum atomic E-state index is 11.8. The number of amides is 1. The summed E-state index contributed by atoms with van der Waals surface area (Å²) in [6.07, 6.45) is 5.10. The molecule has 0 saturated heterocycles. The van der Waals surface area contributed by atoms with Crippen molar-refractivity contribution in [3.8, 4) is 0 Å². The third-order valence-corrected chi connectivity index (χ3v) is 3.59. The van der Waals surface area contributed by atoms with Crippen LogP contribution >= 0.6 is 0 Å². The van der Waals surface area contributed by atoms with Crippen molar-refractivity contribution in [1.29, 1.82) is 0 Å². The fraction of sp³-hybridized carbons (Fsp3) is 0.400. The van der Waals surface area contributed by atoms with Crippen molar-refractivity contribution in [3.63, 3.8) is 0 Å². The second-order valence-corrected chi connectivity index (χ2v) is 7.30. The fourth-order valence-corrected chi connectivity index (χ4v) is 2.08. The van der Waals surface area contributed by atoms with E-state index in [0.717, 1.165) is 18.2 Å². The van der Waals surface area contributed by atoms with Crippen LogP contribution in [0.15, 0.2) is 30.3 Å². The van der Waals surface area contributed by atoms with Crippen LogP contribution in [0.5, 0.6) is 0 Å². The molecule has 0 spiro atoms. The number of nitrogens with one attached hydrogen (secondary N) is 2. The minimum atomic E-state index is -3.27. The van der Waals surface area contributed by atoms with Crippen LogP contribution < -0.4 is 10.0 Å². The lowest BCUT2D eigenvalue weighted by atomic mass is 10.0. The fourth-order valence-electron chi connectivity index (χ4n) is 1.51. The molecule has 0 saturated carbocycles. The summed E-state index contributed by atoms with van der Waals surface area (Å²) in [6.45, 7) is 5.94. The zero-order valence-electron chi connectivity index (χ0n) is 12.8. The zero-order chi connectivity index (χ0) is 16.1. The Balaban J connectivity index is 2.67. The summed E-state index contributed by atoms with van der Waals surface area (Å²) in [6, 6.07) is 6.77. The standard InChI is InChI=1S/C15H22N2O3S/c1-5-15(2,3)16-14(18)11-8-12-6-9-13(10-7-12)17-21(4,19)20/h6-11,17H,5H2,1-4H3,(H,16,18)/b11-8+. The van der Waals surface area contributed by atoms with Crippen LogP contribution in [0, 0.1) is 0 Å². The highest BCUT2D eigenvalue weighted by molar-refractivity contribution is 7.92. The molecule has 0 bridgehead atoms. The molecule has 0 fully saturated rings. The SMILES string of the molecule is CCC(C)(C)NC(=O)/C=C/c1ccc(NS(C)(=O)=O)cc1. The largest absolute Gasteiger partial charge is 0.348 e. The van der Waals surface area contributed by atoms with Gasteiger partial charge in [0.15, 0.2) is 0 Å². The second-order valence-electron chi connectivity index (χ2n) is 5.56. The van der Waals surface area contributed by atoms with Gasteiger partial charge in [-0.15, -0.1) is 0 Å². The Kier molecular flexibility index (Phi) is 5.54. The van der Waals surface area contributed by atoms with Gasteiger partial charge in [-0.1, -0.05) is 19.1 Å². The lowest BCUT2D eigenvalue weighted by Gasteiger charge is -2.23. The first kappa shape index (κ1) is 17.2. The van der Waals surface area contributed by atoms with Crippen molar-refractivity contribution >= 4 is 27.7 Å². The lowest BCUT2D eigenvalue weighted by Crippen LogP contribution is -2.41. The molecule has 0 aliphatic rings. The van der Waals surface area contributed by atoms with E-state index in [4.69, 9.17) is 0 Å². The van der Waals surface area contributed by atoms with E-state index in [-0.39, 0.29) is 11.4 Å². The van der Waals surface area contributed by atoms with Crippen LogP contribution in [-0.4, -0.2) is 26.1 Å². The summed E-state index contributed by atoms with van der Waals surface area (Å²) in [4.78, 5) is 11.8. The highest BCUT2D eigenvalue weighted by Crippen LogP contribution is 2.12. The quantitative estimate of drug-likeness (QED) is 0.792. The molecular weight excluding hydrogens is 288 g/mol. The van der Waals surface area contributed by atoms with Crippen molar-refractivity contribution in [2.24, 2.45) is 0 Å². The molecule has 0 heterocycles. The van der Waals surface area contributed by atoms with Crippen molar-refractivity contribution in [3.05, 3.63) is 35.9 Å². The van der Waals surface area contributed by atoms with E-state index in [1.165, 1.54) is 6.08 Å². The van der Waals surface area contributed by atoms with Gasteiger partial charge in [-0.2, -0.15) is 0 Å². The highest BCUT2D eigenvalue weighted by atomic mass is 32.2. The molecular formula is C15H22N2O3S. The van der Waals surface area contributed by atoms with Gasteiger partial charge in [0.05, 0.1) is 6.26 Å². The molecule has 21 heavy (non-hydrogen) atoms. The number of sulfonamides is 1. The first-order chi connectivity index (χ1) is 9.61. The molecule has 0 radical (unpaired) electrons. The average molecular weight is 310 g/mol. The van der Waals surface area contributed by atoms with Crippen LogP contribution in [0.4, 0.5) is 5.69 Å². The van der Waals surface area contributed by atoms with Gasteiger partial charge in [-0.3, -0.25) is 9.52 Å². The first-order valence-electron chi connectivity index (χ1n) is 6.69. The molecule has 116 valence electrons. The Morgan fingerprint density at radius 1 is 1.24 bits per heavy atom. The number of rotatable bonds is 6. The minimum Gasteiger partial charge on any atom is -0.348 e. The number of carbonyl (C=O) groups is 1. The van der Waals surface area contributed by atoms with E-state index in [1.807, 2.05) is 20.8 Å². The average Bonchev–Trinajstić information content (AvgIpc) is 2.36. The number of carbonyl (C=O) groups excluding carboxylic acids is 1. The summed E-state index contributed by atoms with van der Waals surface area (Å²) in [7, 11) is -3.27. The predicted octanol–water partition coefficient (Wildman–Crippen LogP) is 2.38. The molecule has 1 amide bonds. The van der Waals surface area contributed by atoms with E-state index in [2.05, 4.69) is 10.0 Å². The number of anilines is 1. The Labute approximate surface area is 126 Å². The predicted molar refractivity (Wildman–Crippen MR) is 86.5 cm³/mol. The molecule has 1 aromatic carbocycles. The van der Waals surface area contributed by atoms with Gasteiger partial charge in [0.1, 0.15) is 0 Å². The molecule has 6 heteroatoms. The Bertz CT molecular complexity index is 617. The van der Waals surface area contributed by atoms with Crippen molar-refractivity contribution < 1.29 is 13.2 Å². The van der Waals surface area contributed by atoms with E-state index in [0.29, 0.717) is 5.69 Å². The Morgan fingerprint density at radius 2 is 1.81 bits per heavy atom. The maximum Gasteiger partial charge on any atom is 0.244 e. The molecule has 0 aromatic heterocycles. The van der Waals surface area contributed by atoms with Gasteiger partial charge < -0.3 is 5.32 Å². The van der Waals surface area contributed by atoms with E-state index < -0.39 is 10.0 Å². The third kappa shape index (κ3) is 6.94. The summed E-state index contributed by atoms with van der Waals surface area (Å²) in [5.74, 6) is -0.153. The smallest absolute Gasteiger partial charge is 0.244 e. The molecule has 0 unspecified atom stereocenters. The van der Waals surface area contributed by atoms with E-state index in [9.17, 15) is 13.2 Å². The van der Waals surface area contributed by atoms with Crippen LogP contribution in [-0.2, 0) is 14.8 Å². The molecule has 0 aliphatic carbocycles. The summed E-state index contributed by atoms with van der Waals surface area (Å²) in [5.41, 5.74) is 1.08. The van der Waals surface area contributed by atoms with Gasteiger partial charge in [0, 0.05) is 17.3 Å². The monoisotopic (exact) mass is 310 g/mol. The highest BCUT2D eigenvalue weighted by Gasteiger charge is 2.15. The zero-order valence-corrected chi connectivity index (χ0v) is 13.6. The van der Waals surface area contributed by atoms with Gasteiger partial charge in [0.25, 0.3) is 0 Å². The summed E-state index contributed by atoms with van der Waals surface area (Å²) in [5, 5.41) is 2.90. The van der Waals surface area contributed by atoms with Crippen LogP contribution in [0.1, 0.15) is 32.8 Å². The normalized spacial score (nSPS) is 12.4. The first-order valence-corrected chi connectivity index (χ1v) is 8.58. The second kappa shape index (κ2) is 6.76. The molecule has 1 rings (SSSR count). The Morgan fingerprint density at radius 3 is 2.29 bits per heavy atom. The topological polar surface area (TPSA) is 75.3 Å². The van der Waals surface area contributed by atoms with E-state index >= 15 is 0 Å². The van der Waals surface area contributed by atoms with Gasteiger partial charge in [-0.05, 0) is 44.0 Å². The molecule has 2 N–H and O–H groups in total. The number of hydrogen-bond acceptors (Lipinski definition) is 3. The molecule has 0 aliphatic heterocycles. The minimum absolute atomic E-state index is 0.153. The van der Waals surface area contributed by atoms with Crippen LogP contribution in [0.25, 0.3) is 6.08 Å². The molecule has 5 nitrogen and oxygen atoms in total. The number of benzene rings is 1.